The molecule has 0 saturated heterocycles. The van der Waals surface area contributed by atoms with E-state index in [1.807, 2.05) is 18.2 Å². The molecule has 0 unspecified atom stereocenters. The van der Waals surface area contributed by atoms with Crippen LogP contribution in [0.15, 0.2) is 24.3 Å². The third-order valence-electron chi connectivity index (χ3n) is 1.45. The Hall–Kier alpha value is -0.0969. The van der Waals surface area contributed by atoms with E-state index in [0.717, 1.165) is 37.3 Å². The van der Waals surface area contributed by atoms with Crippen molar-refractivity contribution in [1.29, 1.82) is 0 Å². The molecule has 0 amide bonds. The molecule has 0 fully saturated rings. The van der Waals surface area contributed by atoms with Gasteiger partial charge in [0.05, 0.1) is 0 Å². The summed E-state index contributed by atoms with van der Waals surface area (Å²) in [7, 11) is 0. The molecular weight excluding hydrogens is 321 g/mol. The number of aryl methyl sites for hydroxylation is 1. The van der Waals surface area contributed by atoms with Gasteiger partial charge in [-0.15, -0.1) is 0 Å². The molecule has 0 N–H and O–H groups in total. The van der Waals surface area contributed by atoms with E-state index in [-0.39, 0.29) is 0 Å². The number of rotatable bonds is 2. The number of benzene rings is 1. The maximum atomic E-state index is 5.25. The fourth-order valence-electron chi connectivity index (χ4n) is 0.885. The number of hydrogen-bond acceptors (Lipinski definition) is 1. The fourth-order valence-corrected chi connectivity index (χ4v) is 1.58. The van der Waals surface area contributed by atoms with Gasteiger partial charge >= 0.3 is 76.9 Å². The molecule has 0 saturated carbocycles. The first-order valence-corrected chi connectivity index (χ1v) is 4.69. The van der Waals surface area contributed by atoms with Crippen molar-refractivity contribution in [2.45, 2.75) is 13.3 Å². The molecule has 0 aliphatic rings. The second-order valence-corrected chi connectivity index (χ2v) is 2.76. The van der Waals surface area contributed by atoms with E-state index < -0.39 is 0 Å². The second kappa shape index (κ2) is 3.92. The molecule has 0 bridgehead atoms. The van der Waals surface area contributed by atoms with Crippen LogP contribution in [0, 0.1) is 0 Å². The van der Waals surface area contributed by atoms with E-state index in [4.69, 9.17) is 2.81 Å². The predicted molar refractivity (Wildman–Crippen MR) is 42.2 cm³/mol. The van der Waals surface area contributed by atoms with Crippen LogP contribution in [0.1, 0.15) is 12.5 Å². The summed E-state index contributed by atoms with van der Waals surface area (Å²) >= 11 is 0.964. The normalized spacial score (nSPS) is 9.40. The Morgan fingerprint density at radius 1 is 1.40 bits per heavy atom. The summed E-state index contributed by atoms with van der Waals surface area (Å²) in [5.41, 5.74) is 1.30. The zero-order valence-corrected chi connectivity index (χ0v) is 9.35. The average molecular weight is 330 g/mol. The second-order valence-electron chi connectivity index (χ2n) is 2.05. The summed E-state index contributed by atoms with van der Waals surface area (Å²) in [6.07, 6.45) is 1.05. The summed E-state index contributed by atoms with van der Waals surface area (Å²) in [6.45, 7) is 2.14. The van der Waals surface area contributed by atoms with Crippen molar-refractivity contribution in [3.05, 3.63) is 29.8 Å². The molecule has 0 spiro atoms. The molecular formula is C8H9BiO. The Kier molecular flexibility index (Phi) is 3.14. The van der Waals surface area contributed by atoms with Crippen molar-refractivity contribution < 1.29 is 2.81 Å². The zero-order valence-electron chi connectivity index (χ0n) is 5.87. The molecule has 0 heterocycles. The quantitative estimate of drug-likeness (QED) is 0.751. The van der Waals surface area contributed by atoms with Gasteiger partial charge in [0.25, 0.3) is 0 Å². The Morgan fingerprint density at radius 2 is 2.10 bits per heavy atom. The first-order chi connectivity index (χ1) is 4.88. The minimum atomic E-state index is 0.964. The maximum absolute atomic E-state index is 5.25. The van der Waals surface area contributed by atoms with Crippen molar-refractivity contribution in [1.82, 2.24) is 0 Å². The Morgan fingerprint density at radius 3 is 2.60 bits per heavy atom. The molecule has 0 aromatic heterocycles. The number of hydrogen-bond donors (Lipinski definition) is 0. The zero-order chi connectivity index (χ0) is 7.40. The summed E-state index contributed by atoms with van der Waals surface area (Å²) in [5, 5.41) is 0. The predicted octanol–water partition coefficient (Wildman–Crippen LogP) is 1.71. The molecule has 2 radical (unpaired) electrons. The molecule has 1 nitrogen and oxygen atoms in total. The van der Waals surface area contributed by atoms with Crippen LogP contribution < -0.4 is 2.81 Å². The Balaban J connectivity index is 2.96. The van der Waals surface area contributed by atoms with Gasteiger partial charge in [0, 0.05) is 0 Å². The molecule has 1 rings (SSSR count). The first-order valence-electron chi connectivity index (χ1n) is 3.27. The topological polar surface area (TPSA) is 9.23 Å². The van der Waals surface area contributed by atoms with Crippen molar-refractivity contribution in [2.75, 3.05) is 0 Å². The molecule has 1 aromatic carbocycles. The minimum absolute atomic E-state index is 0.964. The summed E-state index contributed by atoms with van der Waals surface area (Å²) in [6, 6.07) is 8.16. The van der Waals surface area contributed by atoms with Gasteiger partial charge in [-0.1, -0.05) is 0 Å². The van der Waals surface area contributed by atoms with Gasteiger partial charge in [0.15, 0.2) is 0 Å². The molecule has 0 atom stereocenters. The molecule has 0 aliphatic heterocycles. The van der Waals surface area contributed by atoms with Gasteiger partial charge < -0.3 is 0 Å². The van der Waals surface area contributed by atoms with Gasteiger partial charge in [-0.2, -0.15) is 0 Å². The SMILES string of the molecule is CCc1ccccc1[O][Bi]. The van der Waals surface area contributed by atoms with Crippen LogP contribution >= 0.6 is 0 Å². The molecule has 52 valence electrons. The van der Waals surface area contributed by atoms with E-state index in [1.165, 1.54) is 5.56 Å². The van der Waals surface area contributed by atoms with Gasteiger partial charge in [0.1, 0.15) is 0 Å². The van der Waals surface area contributed by atoms with Gasteiger partial charge in [0.2, 0.25) is 0 Å². The van der Waals surface area contributed by atoms with Crippen molar-refractivity contribution in [3.63, 3.8) is 0 Å². The third-order valence-corrected chi connectivity index (χ3v) is 2.22. The van der Waals surface area contributed by atoms with E-state index in [1.54, 1.807) is 0 Å². The van der Waals surface area contributed by atoms with Crippen LogP contribution in [0.2, 0.25) is 0 Å². The van der Waals surface area contributed by atoms with Crippen LogP contribution in [0.4, 0.5) is 0 Å². The van der Waals surface area contributed by atoms with Gasteiger partial charge in [-0.25, -0.2) is 0 Å². The van der Waals surface area contributed by atoms with Gasteiger partial charge in [-0.3, -0.25) is 0 Å². The van der Waals surface area contributed by atoms with Crippen molar-refractivity contribution in [2.24, 2.45) is 0 Å². The molecule has 2 heteroatoms. The summed E-state index contributed by atoms with van der Waals surface area (Å²) < 4.78 is 5.25. The Labute approximate surface area is 76.9 Å². The number of para-hydroxylation sites is 1. The van der Waals surface area contributed by atoms with Crippen LogP contribution in [-0.4, -0.2) is 25.2 Å². The van der Waals surface area contributed by atoms with E-state index >= 15 is 0 Å². The van der Waals surface area contributed by atoms with Crippen LogP contribution in [0.25, 0.3) is 0 Å². The Bertz CT molecular complexity index is 187. The molecule has 0 aliphatic carbocycles. The van der Waals surface area contributed by atoms with E-state index in [9.17, 15) is 0 Å². The molecule has 1 aromatic rings. The van der Waals surface area contributed by atoms with Gasteiger partial charge in [-0.05, 0) is 0 Å². The van der Waals surface area contributed by atoms with Crippen LogP contribution in [-0.2, 0) is 6.42 Å². The average Bonchev–Trinajstić information content (AvgIpc) is 2.04. The monoisotopic (exact) mass is 330 g/mol. The van der Waals surface area contributed by atoms with Crippen LogP contribution in [0.3, 0.4) is 0 Å². The molecule has 10 heavy (non-hydrogen) atoms. The first kappa shape index (κ1) is 8.00. The van der Waals surface area contributed by atoms with Crippen molar-refractivity contribution >= 4 is 25.2 Å². The van der Waals surface area contributed by atoms with Crippen LogP contribution in [0.5, 0.6) is 5.75 Å². The van der Waals surface area contributed by atoms with Crippen molar-refractivity contribution in [3.8, 4) is 5.75 Å². The van der Waals surface area contributed by atoms with E-state index in [0.29, 0.717) is 0 Å². The summed E-state index contributed by atoms with van der Waals surface area (Å²) in [5.74, 6) is 1.04. The summed E-state index contributed by atoms with van der Waals surface area (Å²) in [4.78, 5) is 0. The van der Waals surface area contributed by atoms with E-state index in [2.05, 4.69) is 13.0 Å². The fraction of sp³-hybridized carbons (Fsp3) is 0.250. The third kappa shape index (κ3) is 1.70. The standard InChI is InChI=1S/C8H10O.Bi/c1-2-7-5-3-4-6-8(7)9;/h3-6,9H,2H2,1H3;/q;+1/p-1.